The number of aliphatic carboxylic acids is 1. The molecule has 138 valence electrons. The smallest absolute Gasteiger partial charge is 0.545 e. The summed E-state index contributed by atoms with van der Waals surface area (Å²) in [5.41, 5.74) is -1.45. The van der Waals surface area contributed by atoms with Crippen molar-refractivity contribution in [2.75, 3.05) is 0 Å². The molecule has 0 radical (unpaired) electrons. The van der Waals surface area contributed by atoms with Gasteiger partial charge in [0, 0.05) is 11.1 Å². The van der Waals surface area contributed by atoms with Crippen molar-refractivity contribution in [1.29, 1.82) is 0 Å². The number of carboxylic acid groups (broad SMARTS) is 1. The van der Waals surface area contributed by atoms with Crippen LogP contribution in [0.5, 0.6) is 11.5 Å². The third-order valence-corrected chi connectivity index (χ3v) is 3.28. The van der Waals surface area contributed by atoms with E-state index in [2.05, 4.69) is 4.74 Å². The first-order valence-corrected chi connectivity index (χ1v) is 7.01. The van der Waals surface area contributed by atoms with E-state index in [0.717, 1.165) is 12.1 Å². The molecule has 0 bridgehead atoms. The first-order valence-electron chi connectivity index (χ1n) is 7.01. The summed E-state index contributed by atoms with van der Waals surface area (Å²) in [6, 6.07) is 1.68. The van der Waals surface area contributed by atoms with Crippen molar-refractivity contribution in [2.24, 2.45) is 0 Å². The van der Waals surface area contributed by atoms with E-state index in [1.54, 1.807) is 6.92 Å². The van der Waals surface area contributed by atoms with Gasteiger partial charge in [-0.3, -0.25) is 0 Å². The summed E-state index contributed by atoms with van der Waals surface area (Å²) in [7, 11) is 0. The van der Waals surface area contributed by atoms with Gasteiger partial charge < -0.3 is 19.4 Å². The molecule has 1 atom stereocenters. The minimum Gasteiger partial charge on any atom is -0.545 e. The van der Waals surface area contributed by atoms with Gasteiger partial charge in [-0.15, -0.1) is 13.2 Å². The van der Waals surface area contributed by atoms with Gasteiger partial charge in [0.15, 0.2) is 0 Å². The number of carboxylic acids is 1. The number of benzene rings is 1. The molecule has 1 heterocycles. The van der Waals surface area contributed by atoms with E-state index in [0.29, 0.717) is 12.5 Å². The van der Waals surface area contributed by atoms with E-state index in [1.807, 2.05) is 0 Å². The fourth-order valence-corrected chi connectivity index (χ4v) is 2.42. The minimum atomic E-state index is -5.03. The third-order valence-electron chi connectivity index (χ3n) is 3.28. The quantitative estimate of drug-likeness (QED) is 0.535. The molecule has 0 saturated carbocycles. The average Bonchev–Trinajstić information content (AvgIpc) is 2.43. The van der Waals surface area contributed by atoms with Gasteiger partial charge in [-0.1, -0.05) is 13.3 Å². The summed E-state index contributed by atoms with van der Waals surface area (Å²) >= 11 is 0. The Balaban J connectivity index is 0.00000338. The number of fused-ring (bicyclic) bond motifs is 1. The van der Waals surface area contributed by atoms with Crippen molar-refractivity contribution in [3.8, 4) is 11.5 Å². The second-order valence-corrected chi connectivity index (χ2v) is 5.23. The maximum Gasteiger partial charge on any atom is 1.00 e. The van der Waals surface area contributed by atoms with Crippen molar-refractivity contribution in [1.82, 2.24) is 0 Å². The molecule has 0 N–H and O–H groups in total. The van der Waals surface area contributed by atoms with E-state index in [-0.39, 0.29) is 52.9 Å². The Morgan fingerprint density at radius 2 is 1.85 bits per heavy atom. The number of halogens is 6. The van der Waals surface area contributed by atoms with Gasteiger partial charge in [0.05, 0.1) is 5.97 Å². The molecule has 0 spiro atoms. The van der Waals surface area contributed by atoms with Crippen LogP contribution in [0.25, 0.3) is 6.08 Å². The number of ether oxygens (including phenoxy) is 2. The second kappa shape index (κ2) is 8.10. The van der Waals surface area contributed by atoms with E-state index < -0.39 is 35.9 Å². The number of aryl methyl sites for hydroxylation is 1. The number of carbonyl (C=O) groups is 1. The zero-order valence-electron chi connectivity index (χ0n) is 13.6. The predicted molar refractivity (Wildman–Crippen MR) is 70.6 cm³/mol. The predicted octanol–water partition coefficient (Wildman–Crippen LogP) is -0.00170. The zero-order chi connectivity index (χ0) is 19.0. The summed E-state index contributed by atoms with van der Waals surface area (Å²) in [5.74, 6) is -3.14. The largest absolute Gasteiger partial charge is 1.00 e. The molecule has 2 rings (SSSR count). The van der Waals surface area contributed by atoms with Crippen molar-refractivity contribution < 1.29 is 75.3 Å². The van der Waals surface area contributed by atoms with Gasteiger partial charge in [0.2, 0.25) is 6.10 Å². The number of carbonyl (C=O) groups excluding carboxylic acids is 1. The molecule has 1 unspecified atom stereocenters. The molecular formula is C15H11F6NaO4. The second-order valence-electron chi connectivity index (χ2n) is 5.23. The number of hydrogen-bond acceptors (Lipinski definition) is 4. The summed E-state index contributed by atoms with van der Waals surface area (Å²) in [5, 5.41) is 11.0. The van der Waals surface area contributed by atoms with Gasteiger partial charge >= 0.3 is 42.1 Å². The fourth-order valence-electron chi connectivity index (χ4n) is 2.42. The fraction of sp³-hybridized carbons (Fsp3) is 0.400. The Hall–Kier alpha value is -1.39. The van der Waals surface area contributed by atoms with Gasteiger partial charge in [-0.2, -0.15) is 13.2 Å². The van der Waals surface area contributed by atoms with Crippen molar-refractivity contribution in [3.05, 3.63) is 28.8 Å². The van der Waals surface area contributed by atoms with Crippen molar-refractivity contribution >= 4 is 12.0 Å². The average molecular weight is 392 g/mol. The Labute approximate surface area is 166 Å². The van der Waals surface area contributed by atoms with Crippen LogP contribution in [0, 0.1) is 0 Å². The van der Waals surface area contributed by atoms with Crippen molar-refractivity contribution in [2.45, 2.75) is 38.4 Å². The molecule has 1 aromatic carbocycles. The van der Waals surface area contributed by atoms with Gasteiger partial charge in [0.1, 0.15) is 11.5 Å². The summed E-state index contributed by atoms with van der Waals surface area (Å²) < 4.78 is 84.8. The molecule has 0 amide bonds. The van der Waals surface area contributed by atoms with Crippen LogP contribution in [-0.4, -0.2) is 24.6 Å². The van der Waals surface area contributed by atoms with E-state index in [4.69, 9.17) is 4.74 Å². The van der Waals surface area contributed by atoms with Crippen LogP contribution in [0.15, 0.2) is 17.7 Å². The van der Waals surface area contributed by atoms with Gasteiger partial charge in [-0.25, -0.2) is 0 Å². The number of hydrogen-bond donors (Lipinski definition) is 0. The summed E-state index contributed by atoms with van der Waals surface area (Å²) in [4.78, 5) is 11.0. The summed E-state index contributed by atoms with van der Waals surface area (Å²) in [6.07, 6.45) is -11.7. The first kappa shape index (κ1) is 22.7. The van der Waals surface area contributed by atoms with Crippen LogP contribution in [0.3, 0.4) is 0 Å². The molecule has 1 aromatic rings. The first-order chi connectivity index (χ1) is 11.4. The van der Waals surface area contributed by atoms with Crippen LogP contribution in [0.2, 0.25) is 0 Å². The van der Waals surface area contributed by atoms with Crippen LogP contribution in [0.4, 0.5) is 26.3 Å². The van der Waals surface area contributed by atoms with Gasteiger partial charge in [0.25, 0.3) is 0 Å². The normalized spacial score (nSPS) is 16.7. The monoisotopic (exact) mass is 392 g/mol. The van der Waals surface area contributed by atoms with E-state index in [1.165, 1.54) is 0 Å². The molecular weight excluding hydrogens is 381 g/mol. The van der Waals surface area contributed by atoms with Gasteiger partial charge in [-0.05, 0) is 30.2 Å². The Kier molecular flexibility index (Phi) is 7.05. The zero-order valence-corrected chi connectivity index (χ0v) is 15.6. The van der Waals surface area contributed by atoms with E-state index in [9.17, 15) is 36.2 Å². The molecule has 4 nitrogen and oxygen atoms in total. The molecule has 1 aliphatic rings. The standard InChI is InChI=1S/C15H12F6O4.Na/c1-2-3-7-4-9(25-15(19,20)21)5-8-6-10(13(22)23)12(14(16,17)18)24-11(7)8;/h4-6,12H,2-3H2,1H3,(H,22,23);/q;+1/p-1. The maximum absolute atomic E-state index is 13.0. The number of rotatable bonds is 4. The molecule has 0 saturated heterocycles. The maximum atomic E-state index is 13.0. The molecule has 1 aliphatic heterocycles. The molecule has 0 aliphatic carbocycles. The summed E-state index contributed by atoms with van der Waals surface area (Å²) in [6.45, 7) is 1.66. The van der Waals surface area contributed by atoms with Crippen LogP contribution in [-0.2, 0) is 11.2 Å². The Bertz CT molecular complexity index is 711. The SMILES string of the molecule is CCCc1cc(OC(F)(F)F)cc2c1OC(C(F)(F)F)C(C(=O)[O-])=C2.[Na+]. The van der Waals surface area contributed by atoms with Crippen LogP contribution < -0.4 is 44.1 Å². The third kappa shape index (κ3) is 5.31. The van der Waals surface area contributed by atoms with Crippen LogP contribution >= 0.6 is 0 Å². The molecule has 11 heteroatoms. The topological polar surface area (TPSA) is 58.6 Å². The molecule has 0 fully saturated rings. The van der Waals surface area contributed by atoms with Crippen molar-refractivity contribution in [3.63, 3.8) is 0 Å². The van der Waals surface area contributed by atoms with E-state index >= 15 is 0 Å². The Morgan fingerprint density at radius 1 is 1.23 bits per heavy atom. The molecule has 0 aromatic heterocycles. The minimum absolute atomic E-state index is 0. The Morgan fingerprint density at radius 3 is 2.31 bits per heavy atom. The number of alkyl halides is 6. The van der Waals surface area contributed by atoms with Crippen LogP contribution in [0.1, 0.15) is 24.5 Å². The molecule has 26 heavy (non-hydrogen) atoms.